The molecule has 0 aliphatic carbocycles. The van der Waals surface area contributed by atoms with E-state index in [2.05, 4.69) is 10.2 Å². The molecule has 0 unspecified atom stereocenters. The molecule has 2 aromatic carbocycles. The van der Waals surface area contributed by atoms with E-state index in [0.717, 1.165) is 13.1 Å². The van der Waals surface area contributed by atoms with Crippen molar-refractivity contribution in [2.45, 2.75) is 0 Å². The van der Waals surface area contributed by atoms with Gasteiger partial charge in [-0.1, -0.05) is 0 Å². The molecule has 1 amide bonds. The highest BCUT2D eigenvalue weighted by Gasteiger charge is 2.25. The molecule has 1 aliphatic heterocycles. The first-order valence-corrected chi connectivity index (χ1v) is 9.34. The summed E-state index contributed by atoms with van der Waals surface area (Å²) in [5.41, 5.74) is 1.19. The number of β-amino-alcohol motifs (C(OH)–C–C–N with tert-alkyl or cyclic N) is 1. The van der Waals surface area contributed by atoms with Gasteiger partial charge in [-0.2, -0.15) is 0 Å². The lowest BCUT2D eigenvalue weighted by Gasteiger charge is -2.35. The first kappa shape index (κ1) is 20.6. The van der Waals surface area contributed by atoms with E-state index in [-0.39, 0.29) is 17.9 Å². The van der Waals surface area contributed by atoms with Gasteiger partial charge in [0.05, 0.1) is 18.6 Å². The fourth-order valence-corrected chi connectivity index (χ4v) is 3.31. The highest BCUT2D eigenvalue weighted by atomic mass is 16.6. The van der Waals surface area contributed by atoms with Gasteiger partial charge in [0, 0.05) is 50.0 Å². The minimum atomic E-state index is -0.459. The van der Waals surface area contributed by atoms with Gasteiger partial charge in [0.2, 0.25) is 0 Å². The second kappa shape index (κ2) is 9.35. The van der Waals surface area contributed by atoms with E-state index < -0.39 is 10.8 Å². The Morgan fingerprint density at radius 2 is 1.86 bits per heavy atom. The second-order valence-electron chi connectivity index (χ2n) is 6.70. The zero-order valence-corrected chi connectivity index (χ0v) is 16.2. The van der Waals surface area contributed by atoms with Gasteiger partial charge in [-0.05, 0) is 36.4 Å². The molecule has 0 atom stereocenters. The molecular weight excluding hydrogens is 376 g/mol. The number of carbonyl (C=O) groups is 1. The molecule has 3 rings (SSSR count). The van der Waals surface area contributed by atoms with E-state index in [1.165, 1.54) is 6.07 Å². The largest absolute Gasteiger partial charge is 0.497 e. The number of nitro benzene ring substituents is 1. The molecule has 0 bridgehead atoms. The quantitative estimate of drug-likeness (QED) is 0.540. The average Bonchev–Trinajstić information content (AvgIpc) is 2.74. The number of anilines is 2. The monoisotopic (exact) mass is 400 g/mol. The van der Waals surface area contributed by atoms with Crippen molar-refractivity contribution in [1.82, 2.24) is 4.90 Å². The summed E-state index contributed by atoms with van der Waals surface area (Å²) >= 11 is 0. The number of amides is 1. The Morgan fingerprint density at radius 3 is 2.45 bits per heavy atom. The molecule has 0 radical (unpaired) electrons. The van der Waals surface area contributed by atoms with E-state index in [4.69, 9.17) is 9.84 Å². The maximum absolute atomic E-state index is 12.5. The minimum absolute atomic E-state index is 0.0945. The molecule has 0 spiro atoms. The molecule has 1 fully saturated rings. The van der Waals surface area contributed by atoms with Crippen molar-refractivity contribution in [2.75, 3.05) is 56.7 Å². The number of nitrogens with one attached hydrogen (secondary N) is 1. The van der Waals surface area contributed by atoms with Crippen LogP contribution >= 0.6 is 0 Å². The van der Waals surface area contributed by atoms with E-state index >= 15 is 0 Å². The zero-order chi connectivity index (χ0) is 20.8. The molecule has 0 aromatic heterocycles. The summed E-state index contributed by atoms with van der Waals surface area (Å²) in [6.07, 6.45) is 0. The van der Waals surface area contributed by atoms with Crippen LogP contribution in [0.4, 0.5) is 17.1 Å². The molecule has 29 heavy (non-hydrogen) atoms. The summed E-state index contributed by atoms with van der Waals surface area (Å²) in [6, 6.07) is 11.4. The molecular formula is C20H24N4O5. The van der Waals surface area contributed by atoms with Gasteiger partial charge in [0.25, 0.3) is 11.6 Å². The Morgan fingerprint density at radius 1 is 1.17 bits per heavy atom. The topological polar surface area (TPSA) is 108 Å². The first-order chi connectivity index (χ1) is 14.0. The highest BCUT2D eigenvalue weighted by molar-refractivity contribution is 6.05. The Kier molecular flexibility index (Phi) is 6.63. The standard InChI is InChI=1S/C20H24N4O5/c1-29-17-5-3-16(4-6-17)21-20(26)15-2-7-18(19(14-15)24(27)28)23-10-8-22(9-11-23)12-13-25/h2-7,14,25H,8-13H2,1H3,(H,21,26). The van der Waals surface area contributed by atoms with Gasteiger partial charge < -0.3 is 20.1 Å². The molecule has 1 saturated heterocycles. The van der Waals surface area contributed by atoms with Crippen molar-refractivity contribution < 1.29 is 19.6 Å². The lowest BCUT2D eigenvalue weighted by atomic mass is 10.1. The van der Waals surface area contributed by atoms with Crippen LogP contribution in [0.2, 0.25) is 0 Å². The minimum Gasteiger partial charge on any atom is -0.497 e. The Labute approximate surface area is 168 Å². The SMILES string of the molecule is COc1ccc(NC(=O)c2ccc(N3CCN(CCO)CC3)c([N+](=O)[O-])c2)cc1. The van der Waals surface area contributed by atoms with Gasteiger partial charge in [0.15, 0.2) is 0 Å². The maximum atomic E-state index is 12.5. The van der Waals surface area contributed by atoms with E-state index in [0.29, 0.717) is 36.8 Å². The van der Waals surface area contributed by atoms with Gasteiger partial charge in [0.1, 0.15) is 11.4 Å². The molecule has 0 saturated carbocycles. The maximum Gasteiger partial charge on any atom is 0.293 e. The molecule has 1 heterocycles. The van der Waals surface area contributed by atoms with Crippen LogP contribution < -0.4 is 15.0 Å². The summed E-state index contributed by atoms with van der Waals surface area (Å²) in [5, 5.41) is 23.4. The van der Waals surface area contributed by atoms with Crippen LogP contribution in [0.5, 0.6) is 5.75 Å². The van der Waals surface area contributed by atoms with E-state index in [9.17, 15) is 14.9 Å². The highest BCUT2D eigenvalue weighted by Crippen LogP contribution is 2.30. The average molecular weight is 400 g/mol. The number of hydrogen-bond donors (Lipinski definition) is 2. The van der Waals surface area contributed by atoms with Crippen LogP contribution in [0.15, 0.2) is 42.5 Å². The van der Waals surface area contributed by atoms with E-state index in [1.54, 1.807) is 43.5 Å². The summed E-state index contributed by atoms with van der Waals surface area (Å²) in [7, 11) is 1.56. The fraction of sp³-hybridized carbons (Fsp3) is 0.350. The number of benzene rings is 2. The molecule has 9 heteroatoms. The number of nitrogens with zero attached hydrogens (tertiary/aromatic N) is 3. The third-order valence-electron chi connectivity index (χ3n) is 4.91. The Bertz CT molecular complexity index is 864. The number of methoxy groups -OCH3 is 1. The summed E-state index contributed by atoms with van der Waals surface area (Å²) < 4.78 is 5.08. The number of carbonyl (C=O) groups excluding carboxylic acids is 1. The molecule has 154 valence electrons. The van der Waals surface area contributed by atoms with Gasteiger partial charge in [-0.15, -0.1) is 0 Å². The van der Waals surface area contributed by atoms with Crippen molar-refractivity contribution in [3.8, 4) is 5.75 Å². The smallest absolute Gasteiger partial charge is 0.293 e. The van der Waals surface area contributed by atoms with Crippen molar-refractivity contribution in [1.29, 1.82) is 0 Å². The fourth-order valence-electron chi connectivity index (χ4n) is 3.31. The Balaban J connectivity index is 1.75. The molecule has 9 nitrogen and oxygen atoms in total. The van der Waals surface area contributed by atoms with Crippen molar-refractivity contribution in [3.05, 3.63) is 58.1 Å². The van der Waals surface area contributed by atoms with Gasteiger partial charge >= 0.3 is 0 Å². The number of aliphatic hydroxyl groups excluding tert-OH is 1. The third-order valence-corrected chi connectivity index (χ3v) is 4.91. The lowest BCUT2D eigenvalue weighted by Crippen LogP contribution is -2.47. The molecule has 2 N–H and O–H groups in total. The van der Waals surface area contributed by atoms with Crippen molar-refractivity contribution in [2.24, 2.45) is 0 Å². The van der Waals surface area contributed by atoms with Crippen molar-refractivity contribution >= 4 is 23.0 Å². The predicted molar refractivity (Wildman–Crippen MR) is 110 cm³/mol. The Hall–Kier alpha value is -3.17. The van der Waals surface area contributed by atoms with E-state index in [1.807, 2.05) is 4.90 Å². The number of ether oxygens (including phenoxy) is 1. The number of hydrogen-bond acceptors (Lipinski definition) is 7. The van der Waals surface area contributed by atoms with Gasteiger partial charge in [-0.25, -0.2) is 0 Å². The predicted octanol–water partition coefficient (Wildman–Crippen LogP) is 1.97. The summed E-state index contributed by atoms with van der Waals surface area (Å²) in [5.74, 6) is 0.250. The number of piperazine rings is 1. The molecule has 2 aromatic rings. The number of rotatable bonds is 7. The first-order valence-electron chi connectivity index (χ1n) is 9.34. The normalized spacial score (nSPS) is 14.5. The van der Waals surface area contributed by atoms with Crippen LogP contribution in [0.25, 0.3) is 0 Å². The number of nitro groups is 1. The number of aliphatic hydroxyl groups is 1. The van der Waals surface area contributed by atoms with Crippen LogP contribution in [0.3, 0.4) is 0 Å². The van der Waals surface area contributed by atoms with Crippen LogP contribution in [0, 0.1) is 10.1 Å². The zero-order valence-electron chi connectivity index (χ0n) is 16.2. The van der Waals surface area contributed by atoms with Crippen LogP contribution in [-0.4, -0.2) is 67.3 Å². The third kappa shape index (κ3) is 5.01. The lowest BCUT2D eigenvalue weighted by molar-refractivity contribution is -0.384. The summed E-state index contributed by atoms with van der Waals surface area (Å²) in [4.78, 5) is 27.8. The molecule has 1 aliphatic rings. The summed E-state index contributed by atoms with van der Waals surface area (Å²) in [6.45, 7) is 3.38. The second-order valence-corrected chi connectivity index (χ2v) is 6.70. The van der Waals surface area contributed by atoms with Crippen LogP contribution in [0.1, 0.15) is 10.4 Å². The van der Waals surface area contributed by atoms with Gasteiger partial charge in [-0.3, -0.25) is 19.8 Å². The van der Waals surface area contributed by atoms with Crippen LogP contribution in [-0.2, 0) is 0 Å². The van der Waals surface area contributed by atoms with Crippen molar-refractivity contribution in [3.63, 3.8) is 0 Å².